The second-order valence-corrected chi connectivity index (χ2v) is 9.65. The zero-order chi connectivity index (χ0) is 21.0. The van der Waals surface area contributed by atoms with Crippen LogP contribution in [0.3, 0.4) is 0 Å². The molecule has 0 radical (unpaired) electrons. The molecule has 0 unspecified atom stereocenters. The Balaban J connectivity index is 1.78. The number of hydrogen-bond donors (Lipinski definition) is 1. The molecule has 29 heavy (non-hydrogen) atoms. The molecule has 0 aliphatic heterocycles. The fraction of sp³-hybridized carbons (Fsp3) is 0.560. The maximum Gasteiger partial charge on any atom is 0.312 e. The van der Waals surface area contributed by atoms with Gasteiger partial charge in [0.25, 0.3) is 0 Å². The van der Waals surface area contributed by atoms with E-state index < -0.39 is 5.41 Å². The van der Waals surface area contributed by atoms with Gasteiger partial charge in [0, 0.05) is 16.6 Å². The van der Waals surface area contributed by atoms with E-state index in [1.165, 1.54) is 24.3 Å². The average molecular weight is 398 g/mol. The maximum absolute atomic E-state index is 14.0. The number of esters is 1. The van der Waals surface area contributed by atoms with Gasteiger partial charge in [-0.1, -0.05) is 25.5 Å². The lowest BCUT2D eigenvalue weighted by molar-refractivity contribution is -0.156. The summed E-state index contributed by atoms with van der Waals surface area (Å²) in [5.74, 6) is 0.415. The first-order valence-electron chi connectivity index (χ1n) is 10.8. The van der Waals surface area contributed by atoms with Crippen molar-refractivity contribution in [1.82, 2.24) is 4.98 Å². The summed E-state index contributed by atoms with van der Waals surface area (Å²) >= 11 is 0. The van der Waals surface area contributed by atoms with Crippen LogP contribution < -0.4 is 0 Å². The quantitative estimate of drug-likeness (QED) is 0.501. The number of fused-ring (bicyclic) bond motifs is 2. The van der Waals surface area contributed by atoms with Crippen molar-refractivity contribution in [3.05, 3.63) is 46.9 Å². The molecular formula is C25H32FNO2. The first kappa shape index (κ1) is 20.2. The van der Waals surface area contributed by atoms with Crippen molar-refractivity contribution in [3.8, 4) is 0 Å². The van der Waals surface area contributed by atoms with Gasteiger partial charge in [-0.2, -0.15) is 0 Å². The Hall–Kier alpha value is -2.10. The smallest absolute Gasteiger partial charge is 0.312 e. The maximum atomic E-state index is 14.0. The molecule has 2 aliphatic rings. The summed E-state index contributed by atoms with van der Waals surface area (Å²) in [5, 5.41) is 0.977. The highest BCUT2D eigenvalue weighted by Crippen LogP contribution is 2.58. The van der Waals surface area contributed by atoms with Crippen LogP contribution in [0, 0.1) is 35.4 Å². The van der Waals surface area contributed by atoms with E-state index in [1.54, 1.807) is 6.07 Å². The van der Waals surface area contributed by atoms with Crippen LogP contribution in [0.4, 0.5) is 4.39 Å². The minimum Gasteiger partial charge on any atom is -0.469 e. The SMILES string of the molecule is COC(=O)[C@@]1(C)CCC=C2[C@@H]1CC[C@@H](C)[C@]2(C)Cc1c(C)[nH]c2ccc(F)cc12. The molecule has 0 amide bonds. The van der Waals surface area contributed by atoms with Crippen molar-refractivity contribution in [2.24, 2.45) is 22.7 Å². The molecule has 4 heteroatoms. The van der Waals surface area contributed by atoms with Crippen molar-refractivity contribution in [2.75, 3.05) is 7.11 Å². The topological polar surface area (TPSA) is 42.1 Å². The molecule has 1 heterocycles. The van der Waals surface area contributed by atoms with Gasteiger partial charge >= 0.3 is 5.97 Å². The van der Waals surface area contributed by atoms with Crippen LogP contribution in [0.5, 0.6) is 0 Å². The molecule has 2 aromatic rings. The summed E-state index contributed by atoms with van der Waals surface area (Å²) < 4.78 is 19.2. The van der Waals surface area contributed by atoms with Gasteiger partial charge in [-0.05, 0) is 87.0 Å². The second-order valence-electron chi connectivity index (χ2n) is 9.65. The molecule has 156 valence electrons. The Morgan fingerprint density at radius 3 is 2.79 bits per heavy atom. The van der Waals surface area contributed by atoms with Gasteiger partial charge in [-0.15, -0.1) is 0 Å². The van der Waals surface area contributed by atoms with E-state index >= 15 is 0 Å². The van der Waals surface area contributed by atoms with Crippen LogP contribution in [0.2, 0.25) is 0 Å². The van der Waals surface area contributed by atoms with E-state index in [4.69, 9.17) is 4.74 Å². The van der Waals surface area contributed by atoms with Crippen molar-refractivity contribution >= 4 is 16.9 Å². The van der Waals surface area contributed by atoms with Crippen LogP contribution in [0.1, 0.15) is 57.7 Å². The monoisotopic (exact) mass is 397 g/mol. The summed E-state index contributed by atoms with van der Waals surface area (Å²) in [5.41, 5.74) is 4.17. The molecule has 2 aliphatic carbocycles. The Labute approximate surface area is 172 Å². The molecule has 1 saturated carbocycles. The number of H-pyrrole nitrogens is 1. The number of methoxy groups -OCH3 is 1. The molecular weight excluding hydrogens is 365 g/mol. The van der Waals surface area contributed by atoms with Crippen LogP contribution in [0.15, 0.2) is 29.8 Å². The number of rotatable bonds is 3. The number of allylic oxidation sites excluding steroid dienone is 2. The first-order chi connectivity index (χ1) is 13.7. The number of hydrogen-bond acceptors (Lipinski definition) is 2. The Morgan fingerprint density at radius 1 is 1.31 bits per heavy atom. The largest absolute Gasteiger partial charge is 0.469 e. The third-order valence-electron chi connectivity index (χ3n) is 8.09. The molecule has 0 bridgehead atoms. The van der Waals surface area contributed by atoms with E-state index in [0.29, 0.717) is 5.92 Å². The minimum absolute atomic E-state index is 0.0647. The van der Waals surface area contributed by atoms with E-state index in [1.807, 2.05) is 6.07 Å². The predicted molar refractivity (Wildman–Crippen MR) is 114 cm³/mol. The van der Waals surface area contributed by atoms with Gasteiger partial charge in [0.2, 0.25) is 0 Å². The Bertz CT molecular complexity index is 990. The molecule has 0 spiro atoms. The molecule has 4 rings (SSSR count). The number of carbonyl (C=O) groups excluding carboxylic acids is 1. The normalized spacial score (nSPS) is 32.0. The second kappa shape index (κ2) is 7.00. The molecule has 0 saturated heterocycles. The van der Waals surface area contributed by atoms with E-state index in [0.717, 1.165) is 48.7 Å². The Kier molecular flexibility index (Phi) is 4.87. The summed E-state index contributed by atoms with van der Waals surface area (Å²) in [6.07, 6.45) is 7.09. The van der Waals surface area contributed by atoms with Crippen LogP contribution in [0.25, 0.3) is 10.9 Å². The first-order valence-corrected chi connectivity index (χ1v) is 10.8. The lowest BCUT2D eigenvalue weighted by Crippen LogP contribution is -2.48. The number of nitrogens with one attached hydrogen (secondary N) is 1. The number of halogens is 1. The molecule has 3 nitrogen and oxygen atoms in total. The molecule has 1 fully saturated rings. The van der Waals surface area contributed by atoms with Crippen molar-refractivity contribution in [2.45, 2.75) is 59.8 Å². The Morgan fingerprint density at radius 2 is 2.07 bits per heavy atom. The zero-order valence-electron chi connectivity index (χ0n) is 18.2. The third-order valence-corrected chi connectivity index (χ3v) is 8.09. The molecule has 4 atom stereocenters. The van der Waals surface area contributed by atoms with Crippen molar-refractivity contribution < 1.29 is 13.9 Å². The van der Waals surface area contributed by atoms with Gasteiger partial charge in [0.05, 0.1) is 12.5 Å². The van der Waals surface area contributed by atoms with Crippen molar-refractivity contribution in [3.63, 3.8) is 0 Å². The lowest BCUT2D eigenvalue weighted by Gasteiger charge is -2.52. The summed E-state index contributed by atoms with van der Waals surface area (Å²) in [7, 11) is 1.50. The van der Waals surface area contributed by atoms with Gasteiger partial charge in [-0.25, -0.2) is 4.39 Å². The molecule has 1 N–H and O–H groups in total. The van der Waals surface area contributed by atoms with Crippen LogP contribution in [-0.2, 0) is 16.0 Å². The van der Waals surface area contributed by atoms with E-state index in [-0.39, 0.29) is 23.1 Å². The van der Waals surface area contributed by atoms with Gasteiger partial charge < -0.3 is 9.72 Å². The number of carbonyl (C=O) groups is 1. The number of aromatic amines is 1. The van der Waals surface area contributed by atoms with Crippen LogP contribution >= 0.6 is 0 Å². The predicted octanol–water partition coefficient (Wildman–Crippen LogP) is 6.11. The number of ether oxygens (including phenoxy) is 1. The fourth-order valence-corrected chi connectivity index (χ4v) is 6.02. The lowest BCUT2D eigenvalue weighted by atomic mass is 9.51. The summed E-state index contributed by atoms with van der Waals surface area (Å²) in [6.45, 7) is 8.83. The highest BCUT2D eigenvalue weighted by atomic mass is 19.1. The molecule has 1 aromatic heterocycles. The van der Waals surface area contributed by atoms with Gasteiger partial charge in [0.15, 0.2) is 0 Å². The van der Waals surface area contributed by atoms with Gasteiger partial charge in [-0.3, -0.25) is 4.79 Å². The van der Waals surface area contributed by atoms with Crippen molar-refractivity contribution in [1.29, 1.82) is 0 Å². The minimum atomic E-state index is -0.457. The highest BCUT2D eigenvalue weighted by molar-refractivity contribution is 5.85. The summed E-state index contributed by atoms with van der Waals surface area (Å²) in [4.78, 5) is 16.2. The van der Waals surface area contributed by atoms with E-state index in [2.05, 4.69) is 38.8 Å². The average Bonchev–Trinajstić information content (AvgIpc) is 2.99. The van der Waals surface area contributed by atoms with Gasteiger partial charge in [0.1, 0.15) is 5.82 Å². The number of aryl methyl sites for hydroxylation is 1. The van der Waals surface area contributed by atoms with Crippen LogP contribution in [-0.4, -0.2) is 18.1 Å². The number of benzene rings is 1. The third kappa shape index (κ3) is 3.03. The highest BCUT2D eigenvalue weighted by Gasteiger charge is 2.53. The fourth-order valence-electron chi connectivity index (χ4n) is 6.02. The zero-order valence-corrected chi connectivity index (χ0v) is 18.2. The van der Waals surface area contributed by atoms with E-state index in [9.17, 15) is 9.18 Å². The summed E-state index contributed by atoms with van der Waals surface area (Å²) in [6, 6.07) is 4.98. The number of aromatic nitrogens is 1. The molecule has 1 aromatic carbocycles. The standard InChI is InChI=1S/C25H32FNO2/c1-15-8-10-21-20(7-6-12-24(21,3)23(28)29-5)25(15,4)14-19-16(2)27-22-11-9-17(26)13-18(19)22/h7,9,11,13,15,21,27H,6,8,10,12,14H2,1-5H3/t15-,21+,24+,25+/m1/s1.